The van der Waals surface area contributed by atoms with Crippen LogP contribution in [0, 0.1) is 17.2 Å². The van der Waals surface area contributed by atoms with Crippen molar-refractivity contribution in [3.63, 3.8) is 0 Å². The van der Waals surface area contributed by atoms with Crippen molar-refractivity contribution in [2.24, 2.45) is 5.92 Å². The highest BCUT2D eigenvalue weighted by Gasteiger charge is 2.29. The normalized spacial score (nSPS) is 11.4. The Morgan fingerprint density at radius 3 is 2.65 bits per heavy atom. The Balaban J connectivity index is 2.30. The minimum atomic E-state index is -1.32. The summed E-state index contributed by atoms with van der Waals surface area (Å²) in [5.74, 6) is -1.78. The molecule has 5 heteroatoms. The van der Waals surface area contributed by atoms with E-state index in [0.717, 1.165) is 0 Å². The Morgan fingerprint density at radius 1 is 1.25 bits per heavy atom. The van der Waals surface area contributed by atoms with Crippen LogP contribution in [0.2, 0.25) is 0 Å². The average molecular weight is 285 g/mol. The Morgan fingerprint density at radius 2 is 2.05 bits per heavy atom. The van der Waals surface area contributed by atoms with E-state index in [1.807, 2.05) is 0 Å². The molecule has 0 fully saturated rings. The van der Waals surface area contributed by atoms with Gasteiger partial charge in [-0.1, -0.05) is 18.2 Å². The molecule has 4 nitrogen and oxygen atoms in total. The molecule has 0 saturated carbocycles. The minimum absolute atomic E-state index is 0.292. The van der Waals surface area contributed by atoms with Crippen molar-refractivity contribution in [1.29, 1.82) is 5.26 Å². The Labute approximate surface area is 120 Å². The molecule has 2 rings (SSSR count). The van der Waals surface area contributed by atoms with Crippen LogP contribution in [0.15, 0.2) is 41.8 Å². The number of rotatable bonds is 5. The lowest BCUT2D eigenvalue weighted by molar-refractivity contribution is 0.0848. The summed E-state index contributed by atoms with van der Waals surface area (Å²) in [5, 5.41) is 10.9. The smallest absolute Gasteiger partial charge is 0.197 e. The molecule has 100 valence electrons. The van der Waals surface area contributed by atoms with Crippen LogP contribution in [-0.4, -0.2) is 18.7 Å². The molecule has 0 aliphatic rings. The van der Waals surface area contributed by atoms with Gasteiger partial charge in [0.05, 0.1) is 18.1 Å². The van der Waals surface area contributed by atoms with Crippen LogP contribution < -0.4 is 4.74 Å². The summed E-state index contributed by atoms with van der Waals surface area (Å²) in [6.45, 7) is 0. The van der Waals surface area contributed by atoms with E-state index in [0.29, 0.717) is 16.2 Å². The molecule has 0 aliphatic carbocycles. The second-order valence-electron chi connectivity index (χ2n) is 4.00. The first-order valence-electron chi connectivity index (χ1n) is 5.83. The van der Waals surface area contributed by atoms with Crippen molar-refractivity contribution in [3.05, 3.63) is 52.2 Å². The molecular formula is C15H11NO3S. The van der Waals surface area contributed by atoms with Crippen LogP contribution in [0.1, 0.15) is 20.0 Å². The molecular weight excluding hydrogens is 274 g/mol. The molecule has 0 radical (unpaired) electrons. The first kappa shape index (κ1) is 14.0. The van der Waals surface area contributed by atoms with Crippen molar-refractivity contribution in [2.45, 2.75) is 0 Å². The highest BCUT2D eigenvalue weighted by Crippen LogP contribution is 2.20. The van der Waals surface area contributed by atoms with Gasteiger partial charge in [-0.2, -0.15) is 5.26 Å². The standard InChI is InChI=1S/C15H11NO3S/c1-19-11-5-2-4-10(8-11)14(17)12(9-16)15(18)13-6-3-7-20-13/h2-8,12H,1H3/t12-/m1/s1. The van der Waals surface area contributed by atoms with Crippen LogP contribution >= 0.6 is 11.3 Å². The fourth-order valence-electron chi connectivity index (χ4n) is 1.74. The molecule has 1 aromatic heterocycles. The van der Waals surface area contributed by atoms with E-state index in [2.05, 4.69) is 0 Å². The lowest BCUT2D eigenvalue weighted by Gasteiger charge is -2.07. The second-order valence-corrected chi connectivity index (χ2v) is 4.95. The average Bonchev–Trinajstić information content (AvgIpc) is 3.02. The number of ketones is 2. The van der Waals surface area contributed by atoms with Crippen molar-refractivity contribution in [1.82, 2.24) is 0 Å². The number of thiophene rings is 1. The number of Topliss-reactive ketones (excluding diaryl/α,β-unsaturated/α-hetero) is 2. The van der Waals surface area contributed by atoms with Crippen molar-refractivity contribution in [3.8, 4) is 11.8 Å². The minimum Gasteiger partial charge on any atom is -0.497 e. The van der Waals surface area contributed by atoms with Gasteiger partial charge in [-0.05, 0) is 23.6 Å². The van der Waals surface area contributed by atoms with Gasteiger partial charge in [-0.25, -0.2) is 0 Å². The number of benzene rings is 1. The molecule has 0 N–H and O–H groups in total. The number of methoxy groups -OCH3 is 1. The fraction of sp³-hybridized carbons (Fsp3) is 0.133. The fourth-order valence-corrected chi connectivity index (χ4v) is 2.44. The maximum absolute atomic E-state index is 12.3. The molecule has 1 atom stereocenters. The summed E-state index contributed by atoms with van der Waals surface area (Å²) in [6.07, 6.45) is 0. The van der Waals surface area contributed by atoms with E-state index >= 15 is 0 Å². The predicted molar refractivity (Wildman–Crippen MR) is 75.1 cm³/mol. The van der Waals surface area contributed by atoms with Gasteiger partial charge in [0.25, 0.3) is 0 Å². The van der Waals surface area contributed by atoms with E-state index in [-0.39, 0.29) is 0 Å². The van der Waals surface area contributed by atoms with Crippen molar-refractivity contribution >= 4 is 22.9 Å². The highest BCUT2D eigenvalue weighted by atomic mass is 32.1. The van der Waals surface area contributed by atoms with Crippen LogP contribution in [0.25, 0.3) is 0 Å². The molecule has 20 heavy (non-hydrogen) atoms. The number of nitriles is 1. The first-order valence-corrected chi connectivity index (χ1v) is 6.71. The van der Waals surface area contributed by atoms with E-state index in [4.69, 9.17) is 10.00 Å². The van der Waals surface area contributed by atoms with Crippen LogP contribution in [0.3, 0.4) is 0 Å². The van der Waals surface area contributed by atoms with Crippen LogP contribution in [0.4, 0.5) is 0 Å². The van der Waals surface area contributed by atoms with Gasteiger partial charge < -0.3 is 4.74 Å². The van der Waals surface area contributed by atoms with Gasteiger partial charge in [0.2, 0.25) is 0 Å². The molecule has 0 amide bonds. The number of hydrogen-bond acceptors (Lipinski definition) is 5. The molecule has 0 aliphatic heterocycles. The third-order valence-corrected chi connectivity index (χ3v) is 3.66. The summed E-state index contributed by atoms with van der Waals surface area (Å²) >= 11 is 1.22. The molecule has 0 bridgehead atoms. The number of nitrogens with zero attached hydrogens (tertiary/aromatic N) is 1. The first-order chi connectivity index (χ1) is 9.67. The van der Waals surface area contributed by atoms with Crippen molar-refractivity contribution < 1.29 is 14.3 Å². The van der Waals surface area contributed by atoms with Gasteiger partial charge >= 0.3 is 0 Å². The molecule has 1 heterocycles. The summed E-state index contributed by atoms with van der Waals surface area (Å²) in [6, 6.07) is 11.5. The Bertz CT molecular complexity index is 671. The largest absolute Gasteiger partial charge is 0.497 e. The molecule has 0 saturated heterocycles. The monoisotopic (exact) mass is 285 g/mol. The summed E-state index contributed by atoms with van der Waals surface area (Å²) in [4.78, 5) is 24.8. The molecule has 1 aromatic carbocycles. The van der Waals surface area contributed by atoms with Gasteiger partial charge in [0.1, 0.15) is 5.75 Å². The number of ether oxygens (including phenoxy) is 1. The predicted octanol–water partition coefficient (Wildman–Crippen LogP) is 2.96. The zero-order chi connectivity index (χ0) is 14.5. The Kier molecular flexibility index (Phi) is 4.28. The Hall–Kier alpha value is -2.45. The van der Waals surface area contributed by atoms with Crippen LogP contribution in [-0.2, 0) is 0 Å². The molecule has 2 aromatic rings. The van der Waals surface area contributed by atoms with E-state index in [1.165, 1.54) is 24.5 Å². The van der Waals surface area contributed by atoms with E-state index in [9.17, 15) is 9.59 Å². The summed E-state index contributed by atoms with van der Waals surface area (Å²) in [5.41, 5.74) is 0.292. The zero-order valence-electron chi connectivity index (χ0n) is 10.7. The van der Waals surface area contributed by atoms with Gasteiger partial charge in [0, 0.05) is 5.56 Å². The quantitative estimate of drug-likeness (QED) is 0.625. The SMILES string of the molecule is COc1cccc(C(=O)[C@@H](C#N)C(=O)c2cccs2)c1. The topological polar surface area (TPSA) is 67.2 Å². The lowest BCUT2D eigenvalue weighted by Crippen LogP contribution is -2.22. The maximum atomic E-state index is 12.3. The second kappa shape index (κ2) is 6.13. The third kappa shape index (κ3) is 2.76. The van der Waals surface area contributed by atoms with Gasteiger partial charge in [-0.3, -0.25) is 9.59 Å². The van der Waals surface area contributed by atoms with Gasteiger partial charge in [-0.15, -0.1) is 11.3 Å². The third-order valence-electron chi connectivity index (χ3n) is 2.77. The number of carbonyl (C=O) groups is 2. The summed E-state index contributed by atoms with van der Waals surface area (Å²) in [7, 11) is 1.49. The number of carbonyl (C=O) groups excluding carboxylic acids is 2. The van der Waals surface area contributed by atoms with Gasteiger partial charge in [0.15, 0.2) is 17.5 Å². The van der Waals surface area contributed by atoms with Crippen LogP contribution in [0.5, 0.6) is 5.75 Å². The lowest BCUT2D eigenvalue weighted by atomic mass is 9.94. The van der Waals surface area contributed by atoms with E-state index in [1.54, 1.807) is 41.8 Å². The maximum Gasteiger partial charge on any atom is 0.197 e. The van der Waals surface area contributed by atoms with E-state index < -0.39 is 17.5 Å². The highest BCUT2D eigenvalue weighted by molar-refractivity contribution is 7.12. The molecule has 0 unspecified atom stereocenters. The molecule has 0 spiro atoms. The zero-order valence-corrected chi connectivity index (χ0v) is 11.5. The number of hydrogen-bond donors (Lipinski definition) is 0. The van der Waals surface area contributed by atoms with Crippen molar-refractivity contribution in [2.75, 3.05) is 7.11 Å². The summed E-state index contributed by atoms with van der Waals surface area (Å²) < 4.78 is 5.03.